The summed E-state index contributed by atoms with van der Waals surface area (Å²) in [6.45, 7) is 3.27. The van der Waals surface area contributed by atoms with Gasteiger partial charge >= 0.3 is 0 Å². The normalized spacial score (nSPS) is 25.4. The highest BCUT2D eigenvalue weighted by Crippen LogP contribution is 2.29. The van der Waals surface area contributed by atoms with Gasteiger partial charge in [0.05, 0.1) is 10.5 Å². The van der Waals surface area contributed by atoms with Gasteiger partial charge in [-0.1, -0.05) is 17.7 Å². The third-order valence-corrected chi connectivity index (χ3v) is 3.66. The number of para-hydroxylation sites is 1. The maximum Gasteiger partial charge on any atom is 0.112 e. The van der Waals surface area contributed by atoms with Crippen LogP contribution in [-0.2, 0) is 0 Å². The number of aromatic nitrogens is 2. The average Bonchev–Trinajstić information content (AvgIpc) is 2.84. The molecule has 3 rings (SSSR count). The first-order valence-electron chi connectivity index (χ1n) is 5.63. The van der Waals surface area contributed by atoms with Crippen molar-refractivity contribution in [3.8, 4) is 0 Å². The number of hydrogen-bond donors (Lipinski definition) is 2. The highest BCUT2D eigenvalue weighted by atomic mass is 35.5. The van der Waals surface area contributed by atoms with Crippen LogP contribution in [0.2, 0.25) is 5.02 Å². The maximum atomic E-state index is 6.12. The van der Waals surface area contributed by atoms with E-state index in [1.807, 2.05) is 18.2 Å². The molecule has 16 heavy (non-hydrogen) atoms. The molecular formula is C12H14ClN3. The number of rotatable bonds is 1. The summed E-state index contributed by atoms with van der Waals surface area (Å²) in [4.78, 5) is 7.99. The number of nitrogens with one attached hydrogen (secondary N) is 2. The van der Waals surface area contributed by atoms with Crippen LogP contribution in [0.1, 0.15) is 25.1 Å². The van der Waals surface area contributed by atoms with Gasteiger partial charge in [-0.25, -0.2) is 4.98 Å². The van der Waals surface area contributed by atoms with Gasteiger partial charge < -0.3 is 10.3 Å². The Morgan fingerprint density at radius 2 is 2.31 bits per heavy atom. The summed E-state index contributed by atoms with van der Waals surface area (Å²) in [5.74, 6) is 1.53. The minimum atomic E-state index is 0.475. The van der Waals surface area contributed by atoms with Crippen LogP contribution < -0.4 is 5.32 Å². The lowest BCUT2D eigenvalue weighted by Gasteiger charge is -2.11. The van der Waals surface area contributed by atoms with Crippen molar-refractivity contribution in [3.05, 3.63) is 29.0 Å². The van der Waals surface area contributed by atoms with Crippen molar-refractivity contribution in [2.45, 2.75) is 25.3 Å². The molecule has 0 bridgehead atoms. The third kappa shape index (κ3) is 1.51. The van der Waals surface area contributed by atoms with Gasteiger partial charge in [-0.05, 0) is 32.0 Å². The minimum Gasteiger partial charge on any atom is -0.342 e. The molecule has 0 spiro atoms. The van der Waals surface area contributed by atoms with Crippen molar-refractivity contribution in [1.29, 1.82) is 0 Å². The molecule has 1 aliphatic rings. The van der Waals surface area contributed by atoms with E-state index in [0.717, 1.165) is 34.8 Å². The van der Waals surface area contributed by atoms with Crippen LogP contribution in [0.25, 0.3) is 11.0 Å². The fourth-order valence-corrected chi connectivity index (χ4v) is 2.64. The van der Waals surface area contributed by atoms with Gasteiger partial charge in [0.1, 0.15) is 11.3 Å². The number of benzene rings is 1. The van der Waals surface area contributed by atoms with Gasteiger partial charge in [-0.2, -0.15) is 0 Å². The number of hydrogen-bond acceptors (Lipinski definition) is 2. The summed E-state index contributed by atoms with van der Waals surface area (Å²) in [6.07, 6.45) is 1.14. The zero-order valence-electron chi connectivity index (χ0n) is 9.13. The van der Waals surface area contributed by atoms with E-state index < -0.39 is 0 Å². The Hall–Kier alpha value is -1.06. The van der Waals surface area contributed by atoms with Gasteiger partial charge in [-0.15, -0.1) is 0 Å². The summed E-state index contributed by atoms with van der Waals surface area (Å²) >= 11 is 6.12. The smallest absolute Gasteiger partial charge is 0.112 e. The van der Waals surface area contributed by atoms with E-state index in [1.54, 1.807) is 0 Å². The van der Waals surface area contributed by atoms with E-state index >= 15 is 0 Å². The lowest BCUT2D eigenvalue weighted by Crippen LogP contribution is -2.22. The summed E-state index contributed by atoms with van der Waals surface area (Å²) in [7, 11) is 0. The molecule has 1 aromatic heterocycles. The SMILES string of the molecule is CC1NCCC1c1nc2c(Cl)cccc2[nH]1. The standard InChI is InChI=1S/C12H14ClN3/c1-7-8(5-6-14-7)12-15-10-4-2-3-9(13)11(10)16-12/h2-4,7-8,14H,5-6H2,1H3,(H,15,16). The second-order valence-electron chi connectivity index (χ2n) is 4.40. The van der Waals surface area contributed by atoms with E-state index in [0.29, 0.717) is 12.0 Å². The second-order valence-corrected chi connectivity index (χ2v) is 4.80. The predicted octanol–water partition coefficient (Wildman–Crippen LogP) is 2.68. The molecule has 2 atom stereocenters. The Bertz CT molecular complexity index is 520. The Balaban J connectivity index is 2.08. The maximum absolute atomic E-state index is 6.12. The third-order valence-electron chi connectivity index (χ3n) is 3.36. The molecule has 1 aliphatic heterocycles. The molecule has 0 amide bonds. The molecule has 1 saturated heterocycles. The van der Waals surface area contributed by atoms with Crippen LogP contribution in [0.15, 0.2) is 18.2 Å². The zero-order valence-corrected chi connectivity index (χ0v) is 9.88. The van der Waals surface area contributed by atoms with Crippen LogP contribution >= 0.6 is 11.6 Å². The molecule has 0 aliphatic carbocycles. The summed E-state index contributed by atoms with van der Waals surface area (Å²) < 4.78 is 0. The van der Waals surface area contributed by atoms with Crippen molar-refractivity contribution in [3.63, 3.8) is 0 Å². The molecule has 2 N–H and O–H groups in total. The van der Waals surface area contributed by atoms with Crippen LogP contribution in [0.3, 0.4) is 0 Å². The number of fused-ring (bicyclic) bond motifs is 1. The lowest BCUT2D eigenvalue weighted by atomic mass is 10.0. The van der Waals surface area contributed by atoms with Crippen molar-refractivity contribution >= 4 is 22.6 Å². The molecule has 3 nitrogen and oxygen atoms in total. The molecule has 84 valence electrons. The molecule has 1 fully saturated rings. The van der Waals surface area contributed by atoms with E-state index in [-0.39, 0.29) is 0 Å². The number of halogens is 1. The van der Waals surface area contributed by atoms with Crippen LogP contribution in [0.5, 0.6) is 0 Å². The largest absolute Gasteiger partial charge is 0.342 e. The first-order valence-corrected chi connectivity index (χ1v) is 6.01. The average molecular weight is 236 g/mol. The summed E-state index contributed by atoms with van der Waals surface area (Å²) in [5.41, 5.74) is 1.92. The van der Waals surface area contributed by atoms with Crippen molar-refractivity contribution in [2.24, 2.45) is 0 Å². The number of H-pyrrole nitrogens is 1. The molecule has 1 aromatic carbocycles. The van der Waals surface area contributed by atoms with E-state index in [4.69, 9.17) is 11.6 Å². The summed E-state index contributed by atoms with van der Waals surface area (Å²) in [6, 6.07) is 6.33. The quantitative estimate of drug-likeness (QED) is 0.798. The topological polar surface area (TPSA) is 40.7 Å². The fourth-order valence-electron chi connectivity index (χ4n) is 2.42. The van der Waals surface area contributed by atoms with Gasteiger partial charge in [0.15, 0.2) is 0 Å². The number of aromatic amines is 1. The zero-order chi connectivity index (χ0) is 11.1. The Labute approximate surface area is 99.2 Å². The molecule has 2 aromatic rings. The number of nitrogens with zero attached hydrogens (tertiary/aromatic N) is 1. The van der Waals surface area contributed by atoms with Crippen LogP contribution in [0.4, 0.5) is 0 Å². The molecule has 0 radical (unpaired) electrons. The number of imidazole rings is 1. The summed E-state index contributed by atoms with van der Waals surface area (Å²) in [5, 5.41) is 4.15. The molecule has 4 heteroatoms. The molecule has 0 saturated carbocycles. The van der Waals surface area contributed by atoms with E-state index in [1.165, 1.54) is 0 Å². The highest BCUT2D eigenvalue weighted by Gasteiger charge is 2.27. The van der Waals surface area contributed by atoms with Crippen LogP contribution in [-0.4, -0.2) is 22.6 Å². The highest BCUT2D eigenvalue weighted by molar-refractivity contribution is 6.34. The first-order chi connectivity index (χ1) is 7.75. The predicted molar refractivity (Wildman–Crippen MR) is 65.9 cm³/mol. The Morgan fingerprint density at radius 3 is 3.00 bits per heavy atom. The Kier molecular flexibility index (Phi) is 2.37. The van der Waals surface area contributed by atoms with Crippen molar-refractivity contribution in [2.75, 3.05) is 6.54 Å². The molecular weight excluding hydrogens is 222 g/mol. The van der Waals surface area contributed by atoms with Crippen LogP contribution in [0, 0.1) is 0 Å². The van der Waals surface area contributed by atoms with E-state index in [2.05, 4.69) is 22.2 Å². The first kappa shape index (κ1) is 10.1. The molecule has 2 heterocycles. The van der Waals surface area contributed by atoms with E-state index in [9.17, 15) is 0 Å². The van der Waals surface area contributed by atoms with Gasteiger partial charge in [-0.3, -0.25) is 0 Å². The van der Waals surface area contributed by atoms with Crippen molar-refractivity contribution < 1.29 is 0 Å². The lowest BCUT2D eigenvalue weighted by molar-refractivity contribution is 0.574. The molecule has 2 unspecified atom stereocenters. The van der Waals surface area contributed by atoms with Crippen molar-refractivity contribution in [1.82, 2.24) is 15.3 Å². The second kappa shape index (κ2) is 3.75. The Morgan fingerprint density at radius 1 is 1.44 bits per heavy atom. The fraction of sp³-hybridized carbons (Fsp3) is 0.417. The monoisotopic (exact) mass is 235 g/mol. The van der Waals surface area contributed by atoms with Gasteiger partial charge in [0.2, 0.25) is 0 Å². The van der Waals surface area contributed by atoms with Gasteiger partial charge in [0, 0.05) is 12.0 Å². The minimum absolute atomic E-state index is 0.475. The van der Waals surface area contributed by atoms with Gasteiger partial charge in [0.25, 0.3) is 0 Å².